The third-order valence-electron chi connectivity index (χ3n) is 4.44. The van der Waals surface area contributed by atoms with Crippen LogP contribution >= 0.6 is 11.8 Å². The van der Waals surface area contributed by atoms with Gasteiger partial charge in [0.2, 0.25) is 5.91 Å². The minimum Gasteiger partial charge on any atom is -0.310 e. The topological polar surface area (TPSA) is 74.8 Å². The summed E-state index contributed by atoms with van der Waals surface area (Å²) in [5.74, 6) is -1.05. The Labute approximate surface area is 163 Å². The average Bonchev–Trinajstić information content (AvgIpc) is 2.65. The van der Waals surface area contributed by atoms with Gasteiger partial charge in [0.15, 0.2) is 5.16 Å². The highest BCUT2D eigenvalue weighted by atomic mass is 32.2. The van der Waals surface area contributed by atoms with Crippen molar-refractivity contribution < 1.29 is 13.6 Å². The molecule has 1 unspecified atom stereocenters. The molecule has 1 aliphatic rings. The summed E-state index contributed by atoms with van der Waals surface area (Å²) in [7, 11) is 0. The molecule has 2 aromatic carbocycles. The highest BCUT2D eigenvalue weighted by Crippen LogP contribution is 2.34. The molecule has 0 aliphatic carbocycles. The number of carbonyl (C=O) groups is 1. The Morgan fingerprint density at radius 3 is 2.57 bits per heavy atom. The molecule has 0 saturated heterocycles. The second-order valence-electron chi connectivity index (χ2n) is 6.41. The van der Waals surface area contributed by atoms with E-state index >= 15 is 0 Å². The standard InChI is InChI=1S/C20H15F2N3O2S/c21-13-5-1-3-11(7-13)10-28-20-24-18-17(19(27)25-20)15(9-16(26)23-18)12-4-2-6-14(22)8-12/h1-8,15H,9-10H2,(H2,23,24,25,26,27). The van der Waals surface area contributed by atoms with Crippen molar-refractivity contribution in [1.82, 2.24) is 9.97 Å². The van der Waals surface area contributed by atoms with Gasteiger partial charge in [0.05, 0.1) is 5.56 Å². The number of rotatable bonds is 4. The number of anilines is 1. The zero-order valence-electron chi connectivity index (χ0n) is 14.5. The predicted molar refractivity (Wildman–Crippen MR) is 102 cm³/mol. The molecule has 4 rings (SSSR count). The molecule has 0 radical (unpaired) electrons. The summed E-state index contributed by atoms with van der Waals surface area (Å²) in [6.07, 6.45) is 0.0387. The smallest absolute Gasteiger partial charge is 0.257 e. The zero-order chi connectivity index (χ0) is 19.7. The van der Waals surface area contributed by atoms with Gasteiger partial charge >= 0.3 is 0 Å². The van der Waals surface area contributed by atoms with E-state index in [0.29, 0.717) is 22.0 Å². The van der Waals surface area contributed by atoms with E-state index in [1.54, 1.807) is 24.3 Å². The van der Waals surface area contributed by atoms with Crippen LogP contribution in [-0.2, 0) is 10.5 Å². The van der Waals surface area contributed by atoms with Crippen LogP contribution in [-0.4, -0.2) is 15.9 Å². The molecule has 3 aromatic rings. The number of benzene rings is 2. The number of halogens is 2. The Morgan fingerprint density at radius 2 is 1.82 bits per heavy atom. The summed E-state index contributed by atoms with van der Waals surface area (Å²) in [6.45, 7) is 0. The molecule has 0 fully saturated rings. The van der Waals surface area contributed by atoms with Gasteiger partial charge in [-0.3, -0.25) is 9.59 Å². The third-order valence-corrected chi connectivity index (χ3v) is 5.39. The van der Waals surface area contributed by atoms with Crippen LogP contribution in [0, 0.1) is 11.6 Å². The van der Waals surface area contributed by atoms with Gasteiger partial charge in [0, 0.05) is 18.1 Å². The van der Waals surface area contributed by atoms with Gasteiger partial charge in [-0.25, -0.2) is 13.8 Å². The largest absolute Gasteiger partial charge is 0.310 e. The lowest BCUT2D eigenvalue weighted by atomic mass is 9.87. The minimum absolute atomic E-state index is 0.0387. The summed E-state index contributed by atoms with van der Waals surface area (Å²) in [4.78, 5) is 31.9. The van der Waals surface area contributed by atoms with Crippen LogP contribution < -0.4 is 10.9 Å². The van der Waals surface area contributed by atoms with Gasteiger partial charge in [0.1, 0.15) is 17.5 Å². The maximum absolute atomic E-state index is 13.6. The number of H-pyrrole nitrogens is 1. The molecule has 0 saturated carbocycles. The van der Waals surface area contributed by atoms with E-state index in [2.05, 4.69) is 15.3 Å². The molecule has 1 atom stereocenters. The number of aromatic nitrogens is 2. The molecule has 28 heavy (non-hydrogen) atoms. The number of hydrogen-bond acceptors (Lipinski definition) is 4. The predicted octanol–water partition coefficient (Wildman–Crippen LogP) is 3.81. The lowest BCUT2D eigenvalue weighted by molar-refractivity contribution is -0.116. The Morgan fingerprint density at radius 1 is 1.07 bits per heavy atom. The van der Waals surface area contributed by atoms with E-state index in [1.807, 2.05) is 0 Å². The molecular formula is C20H15F2N3O2S. The minimum atomic E-state index is -0.571. The van der Waals surface area contributed by atoms with Crippen molar-refractivity contribution in [1.29, 1.82) is 0 Å². The second-order valence-corrected chi connectivity index (χ2v) is 7.38. The third kappa shape index (κ3) is 3.82. The van der Waals surface area contributed by atoms with Crippen molar-refractivity contribution in [2.24, 2.45) is 0 Å². The Balaban J connectivity index is 1.66. The fraction of sp³-hybridized carbons (Fsp3) is 0.150. The molecular weight excluding hydrogens is 384 g/mol. The molecule has 2 N–H and O–H groups in total. The van der Waals surface area contributed by atoms with Gasteiger partial charge in [-0.05, 0) is 35.4 Å². The van der Waals surface area contributed by atoms with Crippen LogP contribution in [0.25, 0.3) is 0 Å². The van der Waals surface area contributed by atoms with Crippen molar-refractivity contribution in [3.63, 3.8) is 0 Å². The van der Waals surface area contributed by atoms with Crippen molar-refractivity contribution in [3.05, 3.63) is 87.2 Å². The van der Waals surface area contributed by atoms with Crippen LogP contribution in [0.1, 0.15) is 29.0 Å². The van der Waals surface area contributed by atoms with E-state index in [9.17, 15) is 18.4 Å². The first kappa shape index (κ1) is 18.4. The summed E-state index contributed by atoms with van der Waals surface area (Å²) >= 11 is 1.23. The van der Waals surface area contributed by atoms with Crippen LogP contribution in [0.5, 0.6) is 0 Å². The highest BCUT2D eigenvalue weighted by molar-refractivity contribution is 7.98. The molecule has 142 valence electrons. The second kappa shape index (κ2) is 7.55. The van der Waals surface area contributed by atoms with E-state index in [-0.39, 0.29) is 29.5 Å². The monoisotopic (exact) mass is 399 g/mol. The number of fused-ring (bicyclic) bond motifs is 1. The van der Waals surface area contributed by atoms with Crippen LogP contribution in [0.15, 0.2) is 58.5 Å². The SMILES string of the molecule is O=C1CC(c2cccc(F)c2)c2c(nc(SCc3cccc(F)c3)[nH]c2=O)N1. The lowest BCUT2D eigenvalue weighted by Gasteiger charge is -2.24. The first-order chi connectivity index (χ1) is 13.5. The summed E-state index contributed by atoms with van der Waals surface area (Å²) in [5, 5.41) is 2.94. The van der Waals surface area contributed by atoms with Crippen LogP contribution in [0.2, 0.25) is 0 Å². The maximum Gasteiger partial charge on any atom is 0.257 e. The fourth-order valence-electron chi connectivity index (χ4n) is 3.21. The number of hydrogen-bond donors (Lipinski definition) is 2. The zero-order valence-corrected chi connectivity index (χ0v) is 15.4. The number of nitrogens with one attached hydrogen (secondary N) is 2. The lowest BCUT2D eigenvalue weighted by Crippen LogP contribution is -2.31. The van der Waals surface area contributed by atoms with E-state index < -0.39 is 11.7 Å². The molecule has 1 aromatic heterocycles. The highest BCUT2D eigenvalue weighted by Gasteiger charge is 2.31. The van der Waals surface area contributed by atoms with E-state index in [0.717, 1.165) is 5.56 Å². The van der Waals surface area contributed by atoms with Gasteiger partial charge in [0.25, 0.3) is 5.56 Å². The van der Waals surface area contributed by atoms with E-state index in [1.165, 1.54) is 36.0 Å². The maximum atomic E-state index is 13.6. The van der Waals surface area contributed by atoms with Crippen molar-refractivity contribution in [2.45, 2.75) is 23.2 Å². The van der Waals surface area contributed by atoms with Gasteiger partial charge in [-0.1, -0.05) is 36.0 Å². The summed E-state index contributed by atoms with van der Waals surface area (Å²) in [6, 6.07) is 12.0. The number of carbonyl (C=O) groups excluding carboxylic acids is 1. The number of thioether (sulfide) groups is 1. The number of aromatic amines is 1. The van der Waals surface area contributed by atoms with E-state index in [4.69, 9.17) is 0 Å². The summed E-state index contributed by atoms with van der Waals surface area (Å²) < 4.78 is 26.9. The molecule has 1 amide bonds. The fourth-order valence-corrected chi connectivity index (χ4v) is 4.01. The molecule has 0 bridgehead atoms. The normalized spacial score (nSPS) is 15.8. The molecule has 2 heterocycles. The number of amides is 1. The van der Waals surface area contributed by atoms with Gasteiger partial charge in [-0.15, -0.1) is 0 Å². The van der Waals surface area contributed by atoms with Crippen molar-refractivity contribution in [3.8, 4) is 0 Å². The molecule has 1 aliphatic heterocycles. The Bertz CT molecular complexity index is 1120. The van der Waals surface area contributed by atoms with Crippen molar-refractivity contribution >= 4 is 23.5 Å². The Hall–Kier alpha value is -3.00. The summed E-state index contributed by atoms with van der Waals surface area (Å²) in [5.41, 5.74) is 1.21. The first-order valence-electron chi connectivity index (χ1n) is 8.56. The van der Waals surface area contributed by atoms with Crippen LogP contribution in [0.3, 0.4) is 0 Å². The Kier molecular flexibility index (Phi) is 4.95. The molecule has 5 nitrogen and oxygen atoms in total. The van der Waals surface area contributed by atoms with Crippen molar-refractivity contribution in [2.75, 3.05) is 5.32 Å². The van der Waals surface area contributed by atoms with Gasteiger partial charge < -0.3 is 10.3 Å². The molecule has 0 spiro atoms. The molecule has 8 heteroatoms. The van der Waals surface area contributed by atoms with Crippen LogP contribution in [0.4, 0.5) is 14.6 Å². The average molecular weight is 399 g/mol. The quantitative estimate of drug-likeness (QED) is 0.517. The van der Waals surface area contributed by atoms with Gasteiger partial charge in [-0.2, -0.15) is 0 Å². The first-order valence-corrected chi connectivity index (χ1v) is 9.55. The number of nitrogens with zero attached hydrogens (tertiary/aromatic N) is 1.